The number of carbonyl (C=O) groups is 2. The van der Waals surface area contributed by atoms with Gasteiger partial charge >= 0.3 is 0 Å². The molecule has 3 aromatic rings. The highest BCUT2D eigenvalue weighted by atomic mass is 79.9. The molecule has 0 bridgehead atoms. The fraction of sp³-hybridized carbons (Fsp3) is 0.214. The molecule has 1 N–H and O–H groups in total. The zero-order valence-corrected chi connectivity index (χ0v) is 21.7. The molecule has 1 amide bonds. The molecule has 1 atom stereocenters. The van der Waals surface area contributed by atoms with Crippen LogP contribution in [0.3, 0.4) is 0 Å². The van der Waals surface area contributed by atoms with Gasteiger partial charge in [0.15, 0.2) is 0 Å². The van der Waals surface area contributed by atoms with Crippen molar-refractivity contribution < 1.29 is 28.9 Å². The number of hydrogen-bond acceptors (Lipinski definition) is 6. The SMILES string of the molecule is CCOc1ccc(N2C(=O)C(=O)/C(=C(/O)c3ccc(OC)c(Br)c3)C2c2cccc(OCC)c2)cc1. The summed E-state index contributed by atoms with van der Waals surface area (Å²) >= 11 is 3.42. The first-order valence-electron chi connectivity index (χ1n) is 11.5. The zero-order valence-electron chi connectivity index (χ0n) is 20.2. The molecular weight excluding hydrogens is 526 g/mol. The van der Waals surface area contributed by atoms with Crippen LogP contribution in [0.2, 0.25) is 0 Å². The maximum Gasteiger partial charge on any atom is 0.300 e. The number of halogens is 1. The van der Waals surface area contributed by atoms with Crippen molar-refractivity contribution in [3.05, 3.63) is 87.9 Å². The number of nitrogens with zero attached hydrogens (tertiary/aromatic N) is 1. The van der Waals surface area contributed by atoms with Gasteiger partial charge in [-0.2, -0.15) is 0 Å². The topological polar surface area (TPSA) is 85.3 Å². The molecule has 0 spiro atoms. The van der Waals surface area contributed by atoms with Gasteiger partial charge in [0.2, 0.25) is 0 Å². The maximum atomic E-state index is 13.4. The lowest BCUT2D eigenvalue weighted by Crippen LogP contribution is -2.29. The molecule has 4 rings (SSSR count). The average Bonchev–Trinajstić information content (AvgIpc) is 3.15. The minimum atomic E-state index is -0.871. The highest BCUT2D eigenvalue weighted by Gasteiger charge is 2.47. The molecule has 1 aliphatic rings. The molecular formula is C28H26BrNO6. The molecule has 1 unspecified atom stereocenters. The van der Waals surface area contributed by atoms with Crippen LogP contribution in [0.4, 0.5) is 5.69 Å². The Balaban J connectivity index is 1.90. The van der Waals surface area contributed by atoms with Crippen LogP contribution in [0.5, 0.6) is 17.2 Å². The van der Waals surface area contributed by atoms with Gasteiger partial charge in [0.25, 0.3) is 11.7 Å². The number of benzene rings is 3. The number of ether oxygens (including phenoxy) is 3. The van der Waals surface area contributed by atoms with Gasteiger partial charge in [-0.05, 0) is 89.9 Å². The summed E-state index contributed by atoms with van der Waals surface area (Å²) in [5.41, 5.74) is 1.49. The Bertz CT molecular complexity index is 1320. The van der Waals surface area contributed by atoms with Gasteiger partial charge in [0, 0.05) is 11.3 Å². The van der Waals surface area contributed by atoms with Gasteiger partial charge in [0.05, 0.1) is 36.4 Å². The first-order chi connectivity index (χ1) is 17.4. The van der Waals surface area contributed by atoms with Crippen LogP contribution in [-0.2, 0) is 9.59 Å². The van der Waals surface area contributed by atoms with Gasteiger partial charge in [0.1, 0.15) is 23.0 Å². The van der Waals surface area contributed by atoms with Crippen molar-refractivity contribution >= 4 is 39.1 Å². The maximum absolute atomic E-state index is 13.4. The van der Waals surface area contributed by atoms with Crippen molar-refractivity contribution in [3.8, 4) is 17.2 Å². The standard InChI is InChI=1S/C28H26BrNO6/c1-4-35-20-12-10-19(11-13-20)30-25(17-7-6-8-21(15-17)36-5-2)24(27(32)28(30)33)26(31)18-9-14-23(34-3)22(29)16-18/h6-16,25,31H,4-5H2,1-3H3/b26-24+. The Kier molecular flexibility index (Phi) is 7.64. The fourth-order valence-corrected chi connectivity index (χ4v) is 4.73. The van der Waals surface area contributed by atoms with E-state index < -0.39 is 17.7 Å². The summed E-state index contributed by atoms with van der Waals surface area (Å²) in [4.78, 5) is 28.1. The summed E-state index contributed by atoms with van der Waals surface area (Å²) in [6.07, 6.45) is 0. The Morgan fingerprint density at radius 1 is 0.944 bits per heavy atom. The average molecular weight is 552 g/mol. The second kappa shape index (κ2) is 10.9. The van der Waals surface area contributed by atoms with Crippen LogP contribution < -0.4 is 19.1 Å². The lowest BCUT2D eigenvalue weighted by atomic mass is 9.95. The lowest BCUT2D eigenvalue weighted by Gasteiger charge is -2.26. The molecule has 36 heavy (non-hydrogen) atoms. The molecule has 0 saturated carbocycles. The van der Waals surface area contributed by atoms with Gasteiger partial charge in [-0.3, -0.25) is 14.5 Å². The number of amides is 1. The molecule has 1 heterocycles. The molecule has 1 saturated heterocycles. The highest BCUT2D eigenvalue weighted by molar-refractivity contribution is 9.10. The van der Waals surface area contributed by atoms with Crippen molar-refractivity contribution in [2.45, 2.75) is 19.9 Å². The third-order valence-corrected chi connectivity index (χ3v) is 6.40. The van der Waals surface area contributed by atoms with E-state index in [-0.39, 0.29) is 11.3 Å². The fourth-order valence-electron chi connectivity index (χ4n) is 4.19. The van der Waals surface area contributed by atoms with Crippen LogP contribution in [0.25, 0.3) is 5.76 Å². The number of carbonyl (C=O) groups excluding carboxylic acids is 2. The number of methoxy groups -OCH3 is 1. The minimum absolute atomic E-state index is 0.0143. The third kappa shape index (κ3) is 4.81. The molecule has 3 aromatic carbocycles. The predicted octanol–water partition coefficient (Wildman–Crippen LogP) is 5.88. The normalized spacial score (nSPS) is 16.8. The van der Waals surface area contributed by atoms with Crippen molar-refractivity contribution in [2.75, 3.05) is 25.2 Å². The second-order valence-corrected chi connectivity index (χ2v) is 8.81. The smallest absolute Gasteiger partial charge is 0.300 e. The number of aliphatic hydroxyl groups excluding tert-OH is 1. The van der Waals surface area contributed by atoms with Crippen LogP contribution in [0.1, 0.15) is 31.0 Å². The molecule has 0 aromatic heterocycles. The number of Topliss-reactive ketones (excluding diaryl/α,β-unsaturated/α-hetero) is 1. The molecule has 186 valence electrons. The summed E-state index contributed by atoms with van der Waals surface area (Å²) in [5.74, 6) is 0.0230. The summed E-state index contributed by atoms with van der Waals surface area (Å²) in [6, 6.07) is 18.2. The van der Waals surface area contributed by atoms with E-state index in [0.29, 0.717) is 51.7 Å². The lowest BCUT2D eigenvalue weighted by molar-refractivity contribution is -0.132. The van der Waals surface area contributed by atoms with E-state index in [2.05, 4.69) is 15.9 Å². The summed E-state index contributed by atoms with van der Waals surface area (Å²) in [6.45, 7) is 4.73. The van der Waals surface area contributed by atoms with Crippen molar-refractivity contribution in [2.24, 2.45) is 0 Å². The number of hydrogen-bond donors (Lipinski definition) is 1. The monoisotopic (exact) mass is 551 g/mol. The van der Waals surface area contributed by atoms with Crippen LogP contribution in [-0.4, -0.2) is 37.1 Å². The van der Waals surface area contributed by atoms with Crippen LogP contribution in [0.15, 0.2) is 76.8 Å². The number of anilines is 1. The molecule has 0 aliphatic carbocycles. The van der Waals surface area contributed by atoms with E-state index in [4.69, 9.17) is 14.2 Å². The summed E-state index contributed by atoms with van der Waals surface area (Å²) in [7, 11) is 1.54. The van der Waals surface area contributed by atoms with E-state index in [0.717, 1.165) is 0 Å². The quantitative estimate of drug-likeness (QED) is 0.214. The second-order valence-electron chi connectivity index (χ2n) is 7.95. The van der Waals surface area contributed by atoms with Gasteiger partial charge in [-0.25, -0.2) is 0 Å². The van der Waals surface area contributed by atoms with E-state index >= 15 is 0 Å². The molecule has 0 radical (unpaired) electrons. The predicted molar refractivity (Wildman–Crippen MR) is 141 cm³/mol. The Morgan fingerprint density at radius 2 is 1.64 bits per heavy atom. The van der Waals surface area contributed by atoms with Crippen LogP contribution >= 0.6 is 15.9 Å². The van der Waals surface area contributed by atoms with E-state index in [9.17, 15) is 14.7 Å². The Hall–Kier alpha value is -3.78. The largest absolute Gasteiger partial charge is 0.507 e. The molecule has 1 aliphatic heterocycles. The zero-order chi connectivity index (χ0) is 25.8. The van der Waals surface area contributed by atoms with E-state index in [1.54, 1.807) is 66.7 Å². The first kappa shape index (κ1) is 25.3. The van der Waals surface area contributed by atoms with Gasteiger partial charge < -0.3 is 19.3 Å². The highest BCUT2D eigenvalue weighted by Crippen LogP contribution is 2.43. The van der Waals surface area contributed by atoms with E-state index in [1.807, 2.05) is 13.8 Å². The number of ketones is 1. The summed E-state index contributed by atoms with van der Waals surface area (Å²) < 4.78 is 17.1. The number of aliphatic hydroxyl groups is 1. The minimum Gasteiger partial charge on any atom is -0.507 e. The van der Waals surface area contributed by atoms with Crippen molar-refractivity contribution in [1.82, 2.24) is 0 Å². The van der Waals surface area contributed by atoms with Crippen LogP contribution in [0, 0.1) is 0 Å². The molecule has 1 fully saturated rings. The van der Waals surface area contributed by atoms with Crippen molar-refractivity contribution in [3.63, 3.8) is 0 Å². The number of rotatable bonds is 8. The third-order valence-electron chi connectivity index (χ3n) is 5.78. The van der Waals surface area contributed by atoms with Crippen molar-refractivity contribution in [1.29, 1.82) is 0 Å². The first-order valence-corrected chi connectivity index (χ1v) is 12.3. The molecule has 8 heteroatoms. The van der Waals surface area contributed by atoms with Gasteiger partial charge in [-0.1, -0.05) is 12.1 Å². The van der Waals surface area contributed by atoms with E-state index in [1.165, 1.54) is 12.0 Å². The Labute approximate surface area is 218 Å². The summed E-state index contributed by atoms with van der Waals surface area (Å²) in [5, 5.41) is 11.3. The van der Waals surface area contributed by atoms with Gasteiger partial charge in [-0.15, -0.1) is 0 Å². The Morgan fingerprint density at radius 3 is 2.28 bits per heavy atom. The molecule has 7 nitrogen and oxygen atoms in total.